The number of benzene rings is 1. The Labute approximate surface area is 115 Å². The average molecular weight is 285 g/mol. The molecule has 0 fully saturated rings. The molecule has 0 bridgehead atoms. The second-order valence-electron chi connectivity index (χ2n) is 4.10. The Kier molecular flexibility index (Phi) is 4.38. The summed E-state index contributed by atoms with van der Waals surface area (Å²) in [6.07, 6.45) is 0.593. The van der Waals surface area contributed by atoms with Crippen LogP contribution in [0.5, 0.6) is 0 Å². The topological polar surface area (TPSA) is 20.2 Å². The van der Waals surface area contributed by atoms with Gasteiger partial charge >= 0.3 is 0 Å². The van der Waals surface area contributed by atoms with Crippen LogP contribution in [0.15, 0.2) is 29.6 Å². The Morgan fingerprint density at radius 3 is 2.83 bits per heavy atom. The summed E-state index contributed by atoms with van der Waals surface area (Å²) in [6.45, 7) is 2.05. The third kappa shape index (κ3) is 2.74. The maximum absolute atomic E-state index is 13.3. The van der Waals surface area contributed by atoms with Gasteiger partial charge in [-0.2, -0.15) is 0 Å². The Morgan fingerprint density at radius 2 is 2.11 bits per heavy atom. The van der Waals surface area contributed by atoms with Crippen LogP contribution in [0, 0.1) is 5.82 Å². The van der Waals surface area contributed by atoms with Gasteiger partial charge in [0, 0.05) is 11.3 Å². The fraction of sp³-hybridized carbons (Fsp3) is 0.286. The molecule has 2 aromatic rings. The Morgan fingerprint density at radius 1 is 1.33 bits per heavy atom. The van der Waals surface area contributed by atoms with Crippen LogP contribution < -0.4 is 0 Å². The van der Waals surface area contributed by atoms with Gasteiger partial charge in [0.15, 0.2) is 0 Å². The lowest BCUT2D eigenvalue weighted by Gasteiger charge is -2.12. The van der Waals surface area contributed by atoms with Crippen molar-refractivity contribution in [1.29, 1.82) is 0 Å². The maximum Gasteiger partial charge on any atom is 0.142 e. The van der Waals surface area contributed by atoms with Crippen LogP contribution in [0.4, 0.5) is 4.39 Å². The quantitative estimate of drug-likeness (QED) is 0.883. The van der Waals surface area contributed by atoms with Gasteiger partial charge in [-0.3, -0.25) is 0 Å². The molecule has 1 nitrogen and oxygen atoms in total. The van der Waals surface area contributed by atoms with Crippen molar-refractivity contribution in [2.24, 2.45) is 0 Å². The zero-order chi connectivity index (χ0) is 13.1. The number of aliphatic hydroxyl groups excluding tert-OH is 1. The normalized spacial score (nSPS) is 12.7. The van der Waals surface area contributed by atoms with E-state index in [0.29, 0.717) is 12.0 Å². The van der Waals surface area contributed by atoms with Gasteiger partial charge < -0.3 is 5.11 Å². The second-order valence-corrected chi connectivity index (χ2v) is 5.42. The first-order chi connectivity index (χ1) is 8.63. The Bertz CT molecular complexity index is 538. The van der Waals surface area contributed by atoms with Crippen LogP contribution in [0.2, 0.25) is 5.02 Å². The van der Waals surface area contributed by atoms with Crippen molar-refractivity contribution in [1.82, 2.24) is 0 Å². The largest absolute Gasteiger partial charge is 0.387 e. The Hall–Kier alpha value is -0.900. The standard InChI is InChI=1S/C14H14ClFOS/c1-2-9-6-7-18-14(9)12(17)8-10-4-3-5-11(16)13(10)15/h3-7,12,17H,2,8H2,1H3. The van der Waals surface area contributed by atoms with E-state index < -0.39 is 11.9 Å². The van der Waals surface area contributed by atoms with Crippen molar-refractivity contribution in [2.75, 3.05) is 0 Å². The second kappa shape index (κ2) is 5.83. The molecule has 0 saturated heterocycles. The van der Waals surface area contributed by atoms with Crippen LogP contribution in [0.1, 0.15) is 29.0 Å². The minimum Gasteiger partial charge on any atom is -0.387 e. The van der Waals surface area contributed by atoms with Gasteiger partial charge in [-0.1, -0.05) is 30.7 Å². The lowest BCUT2D eigenvalue weighted by molar-refractivity contribution is 0.181. The first-order valence-electron chi connectivity index (χ1n) is 5.80. The van der Waals surface area contributed by atoms with Gasteiger partial charge in [-0.05, 0) is 35.1 Å². The van der Waals surface area contributed by atoms with Crippen molar-refractivity contribution in [3.8, 4) is 0 Å². The fourth-order valence-corrected chi connectivity index (χ4v) is 3.13. The SMILES string of the molecule is CCc1ccsc1C(O)Cc1cccc(F)c1Cl. The minimum atomic E-state index is -0.626. The summed E-state index contributed by atoms with van der Waals surface area (Å²) < 4.78 is 13.3. The summed E-state index contributed by atoms with van der Waals surface area (Å²) in [7, 11) is 0. The van der Waals surface area contributed by atoms with Crippen molar-refractivity contribution in [2.45, 2.75) is 25.9 Å². The van der Waals surface area contributed by atoms with Crippen LogP contribution in [-0.2, 0) is 12.8 Å². The third-order valence-corrected chi connectivity index (χ3v) is 4.39. The van der Waals surface area contributed by atoms with Crippen molar-refractivity contribution in [3.63, 3.8) is 0 Å². The average Bonchev–Trinajstić information content (AvgIpc) is 2.83. The number of hydrogen-bond acceptors (Lipinski definition) is 2. The third-order valence-electron chi connectivity index (χ3n) is 2.91. The summed E-state index contributed by atoms with van der Waals surface area (Å²) in [6, 6.07) is 6.68. The summed E-state index contributed by atoms with van der Waals surface area (Å²) >= 11 is 7.41. The fourth-order valence-electron chi connectivity index (χ4n) is 1.94. The molecular weight excluding hydrogens is 271 g/mol. The van der Waals surface area contributed by atoms with Gasteiger partial charge in [0.1, 0.15) is 5.82 Å². The van der Waals surface area contributed by atoms with E-state index >= 15 is 0 Å². The number of aryl methyl sites for hydroxylation is 1. The molecule has 0 saturated carbocycles. The molecular formula is C14H14ClFOS. The van der Waals surface area contributed by atoms with Crippen molar-refractivity contribution in [3.05, 3.63) is 56.5 Å². The van der Waals surface area contributed by atoms with E-state index in [2.05, 4.69) is 0 Å². The highest BCUT2D eigenvalue weighted by atomic mass is 35.5. The van der Waals surface area contributed by atoms with Gasteiger partial charge in [0.05, 0.1) is 11.1 Å². The van der Waals surface area contributed by atoms with E-state index in [1.807, 2.05) is 18.4 Å². The number of halogens is 2. The zero-order valence-corrected chi connectivity index (χ0v) is 11.6. The van der Waals surface area contributed by atoms with E-state index in [1.165, 1.54) is 17.4 Å². The lowest BCUT2D eigenvalue weighted by atomic mass is 10.0. The van der Waals surface area contributed by atoms with E-state index in [1.54, 1.807) is 12.1 Å². The monoisotopic (exact) mass is 284 g/mol. The molecule has 1 aromatic heterocycles. The molecule has 1 N–H and O–H groups in total. The molecule has 18 heavy (non-hydrogen) atoms. The summed E-state index contributed by atoms with van der Waals surface area (Å²) in [5.41, 5.74) is 1.78. The summed E-state index contributed by atoms with van der Waals surface area (Å²) in [5.74, 6) is -0.441. The predicted octanol–water partition coefficient (Wildman–Crippen LogP) is 4.38. The zero-order valence-electron chi connectivity index (χ0n) is 9.99. The van der Waals surface area contributed by atoms with Gasteiger partial charge in [-0.15, -0.1) is 11.3 Å². The molecule has 1 atom stereocenters. The van der Waals surface area contributed by atoms with Crippen LogP contribution in [0.25, 0.3) is 0 Å². The smallest absolute Gasteiger partial charge is 0.142 e. The minimum absolute atomic E-state index is 0.103. The van der Waals surface area contributed by atoms with E-state index in [9.17, 15) is 9.50 Å². The highest BCUT2D eigenvalue weighted by molar-refractivity contribution is 7.10. The van der Waals surface area contributed by atoms with Crippen LogP contribution in [0.3, 0.4) is 0 Å². The number of aliphatic hydroxyl groups is 1. The molecule has 0 radical (unpaired) electrons. The predicted molar refractivity (Wildman–Crippen MR) is 73.8 cm³/mol. The summed E-state index contributed by atoms with van der Waals surface area (Å²) in [5, 5.41) is 12.3. The molecule has 1 aromatic carbocycles. The first-order valence-corrected chi connectivity index (χ1v) is 7.06. The highest BCUT2D eigenvalue weighted by Gasteiger charge is 2.16. The molecule has 0 aliphatic carbocycles. The molecule has 0 aliphatic heterocycles. The van der Waals surface area contributed by atoms with Gasteiger partial charge in [0.2, 0.25) is 0 Å². The molecule has 0 spiro atoms. The molecule has 2 rings (SSSR count). The van der Waals surface area contributed by atoms with E-state index in [4.69, 9.17) is 11.6 Å². The Balaban J connectivity index is 2.21. The first kappa shape index (κ1) is 13.5. The summed E-state index contributed by atoms with van der Waals surface area (Å²) in [4.78, 5) is 0.942. The van der Waals surface area contributed by atoms with Crippen molar-refractivity contribution >= 4 is 22.9 Å². The number of thiophene rings is 1. The molecule has 1 heterocycles. The number of hydrogen-bond donors (Lipinski definition) is 1. The molecule has 1 unspecified atom stereocenters. The molecule has 0 amide bonds. The van der Waals surface area contributed by atoms with E-state index in [0.717, 1.165) is 16.9 Å². The maximum atomic E-state index is 13.3. The molecule has 96 valence electrons. The number of rotatable bonds is 4. The van der Waals surface area contributed by atoms with Gasteiger partial charge in [0.25, 0.3) is 0 Å². The molecule has 0 aliphatic rings. The van der Waals surface area contributed by atoms with Crippen molar-refractivity contribution < 1.29 is 9.50 Å². The van der Waals surface area contributed by atoms with Crippen LogP contribution in [-0.4, -0.2) is 5.11 Å². The van der Waals surface area contributed by atoms with Gasteiger partial charge in [-0.25, -0.2) is 4.39 Å². The molecule has 4 heteroatoms. The lowest BCUT2D eigenvalue weighted by Crippen LogP contribution is -2.03. The van der Waals surface area contributed by atoms with Crippen LogP contribution >= 0.6 is 22.9 Å². The highest BCUT2D eigenvalue weighted by Crippen LogP contribution is 2.30. The van der Waals surface area contributed by atoms with E-state index in [-0.39, 0.29) is 5.02 Å².